The van der Waals surface area contributed by atoms with Crippen LogP contribution in [0.25, 0.3) is 0 Å². The summed E-state index contributed by atoms with van der Waals surface area (Å²) in [5.41, 5.74) is 9.57. The van der Waals surface area contributed by atoms with Crippen molar-refractivity contribution in [2.24, 2.45) is 11.5 Å². The smallest absolute Gasteiger partial charge is 0.404 e. The van der Waals surface area contributed by atoms with Gasteiger partial charge in [-0.3, -0.25) is 0 Å². The molecule has 82 valence electrons. The summed E-state index contributed by atoms with van der Waals surface area (Å²) < 4.78 is 9.20. The fourth-order valence-electron chi connectivity index (χ4n) is 0.964. The van der Waals surface area contributed by atoms with Crippen molar-refractivity contribution in [3.8, 4) is 0 Å². The average molecular weight is 204 g/mol. The molecule has 1 atom stereocenters. The highest BCUT2D eigenvalue weighted by atomic mass is 16.6. The third kappa shape index (κ3) is 8.63. The summed E-state index contributed by atoms with van der Waals surface area (Å²) in [6.07, 6.45) is 0.403. The van der Waals surface area contributed by atoms with Crippen LogP contribution >= 0.6 is 0 Å². The number of unbranched alkanes of at least 4 members (excludes halogenated alkanes) is 1. The lowest BCUT2D eigenvalue weighted by atomic mass is 10.2. The summed E-state index contributed by atoms with van der Waals surface area (Å²) in [4.78, 5) is 20.5. The van der Waals surface area contributed by atoms with Crippen molar-refractivity contribution < 1.29 is 19.1 Å². The van der Waals surface area contributed by atoms with Crippen LogP contribution in [0.2, 0.25) is 0 Å². The second-order valence-corrected chi connectivity index (χ2v) is 2.91. The molecule has 6 nitrogen and oxygen atoms in total. The Labute approximate surface area is 82.5 Å². The average Bonchev–Trinajstić information content (AvgIpc) is 2.01. The number of carbonyl (C=O) groups excluding carboxylic acids is 2. The number of ether oxygens (including phenoxy) is 2. The lowest BCUT2D eigenvalue weighted by Gasteiger charge is -2.10. The molecule has 0 saturated heterocycles. The predicted octanol–water partition coefficient (Wildman–Crippen LogP) is 0.736. The molecule has 0 saturated carbocycles. The highest BCUT2D eigenvalue weighted by Crippen LogP contribution is 2.04. The molecule has 2 amide bonds. The molecular formula is C8H16N2O4. The van der Waals surface area contributed by atoms with Crippen molar-refractivity contribution in [3.63, 3.8) is 0 Å². The summed E-state index contributed by atoms with van der Waals surface area (Å²) >= 11 is 0. The van der Waals surface area contributed by atoms with E-state index in [9.17, 15) is 9.59 Å². The number of amides is 2. The minimum absolute atomic E-state index is 0.207. The van der Waals surface area contributed by atoms with E-state index in [0.29, 0.717) is 19.4 Å². The van der Waals surface area contributed by atoms with E-state index in [1.165, 1.54) is 0 Å². The van der Waals surface area contributed by atoms with Gasteiger partial charge >= 0.3 is 12.2 Å². The molecule has 6 heteroatoms. The molecule has 1 unspecified atom stereocenters. The van der Waals surface area contributed by atoms with Crippen LogP contribution in [0.5, 0.6) is 0 Å². The molecule has 0 spiro atoms. The maximum absolute atomic E-state index is 10.3. The second kappa shape index (κ2) is 6.99. The SMILES string of the molecule is CC(CCCCOC(N)=O)OC(N)=O. The van der Waals surface area contributed by atoms with Crippen molar-refractivity contribution in [1.29, 1.82) is 0 Å². The number of nitrogens with two attached hydrogens (primary N) is 2. The van der Waals surface area contributed by atoms with E-state index in [4.69, 9.17) is 11.5 Å². The maximum atomic E-state index is 10.3. The van der Waals surface area contributed by atoms with Gasteiger partial charge in [0.15, 0.2) is 0 Å². The quantitative estimate of drug-likeness (QED) is 0.622. The van der Waals surface area contributed by atoms with Crippen molar-refractivity contribution in [2.75, 3.05) is 6.61 Å². The number of hydrogen-bond acceptors (Lipinski definition) is 4. The van der Waals surface area contributed by atoms with Gasteiger partial charge in [-0.1, -0.05) is 0 Å². The zero-order valence-electron chi connectivity index (χ0n) is 8.19. The van der Waals surface area contributed by atoms with Crippen LogP contribution in [0.1, 0.15) is 26.2 Å². The van der Waals surface area contributed by atoms with E-state index in [1.807, 2.05) is 0 Å². The summed E-state index contributed by atoms with van der Waals surface area (Å²) in [5.74, 6) is 0. The lowest BCUT2D eigenvalue weighted by molar-refractivity contribution is 0.107. The van der Waals surface area contributed by atoms with Crippen molar-refractivity contribution in [3.05, 3.63) is 0 Å². The van der Waals surface area contributed by atoms with Crippen molar-refractivity contribution in [1.82, 2.24) is 0 Å². The Bertz CT molecular complexity index is 196. The van der Waals surface area contributed by atoms with Gasteiger partial charge in [0.05, 0.1) is 6.61 Å². The third-order valence-corrected chi connectivity index (χ3v) is 1.57. The van der Waals surface area contributed by atoms with Gasteiger partial charge in [0.2, 0.25) is 0 Å². The van der Waals surface area contributed by atoms with Crippen LogP contribution < -0.4 is 11.5 Å². The molecule has 0 aromatic carbocycles. The van der Waals surface area contributed by atoms with E-state index < -0.39 is 12.2 Å². The maximum Gasteiger partial charge on any atom is 0.404 e. The van der Waals surface area contributed by atoms with Crippen LogP contribution in [-0.2, 0) is 9.47 Å². The fourth-order valence-corrected chi connectivity index (χ4v) is 0.964. The monoisotopic (exact) mass is 204 g/mol. The fraction of sp³-hybridized carbons (Fsp3) is 0.750. The zero-order chi connectivity index (χ0) is 11.0. The van der Waals surface area contributed by atoms with Gasteiger partial charge in [0, 0.05) is 0 Å². The first-order chi connectivity index (χ1) is 6.52. The normalized spacial score (nSPS) is 11.8. The van der Waals surface area contributed by atoms with Gasteiger partial charge in [-0.25, -0.2) is 9.59 Å². The highest BCUT2D eigenvalue weighted by Gasteiger charge is 2.05. The zero-order valence-corrected chi connectivity index (χ0v) is 8.19. The van der Waals surface area contributed by atoms with Gasteiger partial charge in [0.1, 0.15) is 6.10 Å². The Hall–Kier alpha value is -1.46. The van der Waals surface area contributed by atoms with E-state index in [0.717, 1.165) is 6.42 Å². The molecule has 14 heavy (non-hydrogen) atoms. The lowest BCUT2D eigenvalue weighted by Crippen LogP contribution is -2.20. The van der Waals surface area contributed by atoms with Gasteiger partial charge in [-0.2, -0.15) is 0 Å². The molecule has 0 heterocycles. The predicted molar refractivity (Wildman–Crippen MR) is 49.5 cm³/mol. The summed E-state index contributed by atoms with van der Waals surface area (Å²) in [6.45, 7) is 2.04. The Morgan fingerprint density at radius 2 is 1.86 bits per heavy atom. The topological polar surface area (TPSA) is 105 Å². The van der Waals surface area contributed by atoms with Crippen LogP contribution in [-0.4, -0.2) is 24.9 Å². The van der Waals surface area contributed by atoms with Gasteiger partial charge in [-0.05, 0) is 26.2 Å². The molecule has 0 bridgehead atoms. The molecule has 0 aliphatic carbocycles. The number of hydrogen-bond donors (Lipinski definition) is 2. The van der Waals surface area contributed by atoms with E-state index in [1.54, 1.807) is 6.92 Å². The van der Waals surface area contributed by atoms with E-state index in [2.05, 4.69) is 9.47 Å². The first kappa shape index (κ1) is 12.5. The van der Waals surface area contributed by atoms with E-state index >= 15 is 0 Å². The molecule has 0 radical (unpaired) electrons. The molecule has 0 rings (SSSR count). The largest absolute Gasteiger partial charge is 0.450 e. The Kier molecular flexibility index (Phi) is 6.26. The van der Waals surface area contributed by atoms with Crippen LogP contribution in [0.3, 0.4) is 0 Å². The highest BCUT2D eigenvalue weighted by molar-refractivity contribution is 5.64. The number of rotatable bonds is 6. The van der Waals surface area contributed by atoms with Crippen molar-refractivity contribution >= 4 is 12.2 Å². The van der Waals surface area contributed by atoms with Gasteiger partial charge in [0.25, 0.3) is 0 Å². The summed E-state index contributed by atoms with van der Waals surface area (Å²) in [5, 5.41) is 0. The van der Waals surface area contributed by atoms with Gasteiger partial charge in [-0.15, -0.1) is 0 Å². The Balaban J connectivity index is 3.27. The first-order valence-corrected chi connectivity index (χ1v) is 4.40. The first-order valence-electron chi connectivity index (χ1n) is 4.40. The molecule has 0 aliphatic heterocycles. The standard InChI is InChI=1S/C8H16N2O4/c1-6(14-8(10)12)4-2-3-5-13-7(9)11/h6H,2-5H2,1H3,(H2,9,11)(H2,10,12). The van der Waals surface area contributed by atoms with Crippen LogP contribution in [0.15, 0.2) is 0 Å². The summed E-state index contributed by atoms with van der Waals surface area (Å²) in [6, 6.07) is 0. The van der Waals surface area contributed by atoms with Crippen molar-refractivity contribution in [2.45, 2.75) is 32.3 Å². The third-order valence-electron chi connectivity index (χ3n) is 1.57. The molecule has 4 N–H and O–H groups in total. The Morgan fingerprint density at radius 1 is 1.21 bits per heavy atom. The number of primary amides is 2. The minimum atomic E-state index is -0.772. The molecular weight excluding hydrogens is 188 g/mol. The van der Waals surface area contributed by atoms with Crippen LogP contribution in [0, 0.1) is 0 Å². The van der Waals surface area contributed by atoms with E-state index in [-0.39, 0.29) is 6.10 Å². The van der Waals surface area contributed by atoms with Crippen LogP contribution in [0.4, 0.5) is 9.59 Å². The van der Waals surface area contributed by atoms with Gasteiger partial charge < -0.3 is 20.9 Å². The minimum Gasteiger partial charge on any atom is -0.450 e. The molecule has 0 fully saturated rings. The molecule has 0 aromatic heterocycles. The number of carbonyl (C=O) groups is 2. The Morgan fingerprint density at radius 3 is 2.36 bits per heavy atom. The second-order valence-electron chi connectivity index (χ2n) is 2.91. The molecule has 0 aliphatic rings. The summed E-state index contributed by atoms with van der Waals surface area (Å²) in [7, 11) is 0. The molecule has 0 aromatic rings.